The molecule has 0 radical (unpaired) electrons. The molecule has 148 valence electrons. The van der Waals surface area contributed by atoms with Gasteiger partial charge in [0.05, 0.1) is 4.90 Å². The third-order valence-electron chi connectivity index (χ3n) is 6.71. The van der Waals surface area contributed by atoms with Gasteiger partial charge in [0.15, 0.2) is 0 Å². The van der Waals surface area contributed by atoms with E-state index in [2.05, 4.69) is 6.92 Å². The second kappa shape index (κ2) is 7.21. The van der Waals surface area contributed by atoms with Crippen molar-refractivity contribution in [1.29, 1.82) is 0 Å². The number of benzene rings is 1. The van der Waals surface area contributed by atoms with E-state index in [1.165, 1.54) is 17.5 Å². The number of aryl methyl sites for hydroxylation is 2. The summed E-state index contributed by atoms with van der Waals surface area (Å²) in [5.74, 6) is 0.214. The van der Waals surface area contributed by atoms with Gasteiger partial charge >= 0.3 is 0 Å². The van der Waals surface area contributed by atoms with E-state index in [1.54, 1.807) is 10.4 Å². The third kappa shape index (κ3) is 3.54. The molecule has 1 aromatic carbocycles. The summed E-state index contributed by atoms with van der Waals surface area (Å²) in [4.78, 5) is 15.2. The summed E-state index contributed by atoms with van der Waals surface area (Å²) in [5.41, 5.74) is 2.24. The molecule has 1 saturated heterocycles. The Labute approximate surface area is 162 Å². The second-order valence-corrected chi connectivity index (χ2v) is 10.5. The van der Waals surface area contributed by atoms with Gasteiger partial charge < -0.3 is 4.90 Å². The Hall–Kier alpha value is -1.40. The molecule has 3 aliphatic rings. The van der Waals surface area contributed by atoms with Crippen molar-refractivity contribution in [2.75, 3.05) is 26.2 Å². The molecule has 6 heteroatoms. The predicted octanol–water partition coefficient (Wildman–Crippen LogP) is 2.98. The molecule has 1 aliphatic heterocycles. The molecule has 27 heavy (non-hydrogen) atoms. The molecular formula is C21H30N2O3S. The zero-order valence-corrected chi connectivity index (χ0v) is 17.1. The summed E-state index contributed by atoms with van der Waals surface area (Å²) in [5, 5.41) is 0. The fourth-order valence-electron chi connectivity index (χ4n) is 4.90. The number of nitrogens with zero attached hydrogens (tertiary/aromatic N) is 2. The number of hydrogen-bond donors (Lipinski definition) is 0. The maximum Gasteiger partial charge on any atom is 0.243 e. The quantitative estimate of drug-likeness (QED) is 0.797. The number of fused-ring (bicyclic) bond motifs is 1. The predicted molar refractivity (Wildman–Crippen MR) is 105 cm³/mol. The number of amides is 1. The monoisotopic (exact) mass is 390 g/mol. The second-order valence-electron chi connectivity index (χ2n) is 8.60. The van der Waals surface area contributed by atoms with Crippen molar-refractivity contribution < 1.29 is 13.2 Å². The third-order valence-corrected chi connectivity index (χ3v) is 8.60. The van der Waals surface area contributed by atoms with Crippen molar-refractivity contribution in [3.05, 3.63) is 29.3 Å². The van der Waals surface area contributed by atoms with E-state index in [9.17, 15) is 13.2 Å². The molecular weight excluding hydrogens is 360 g/mol. The maximum absolute atomic E-state index is 13.1. The van der Waals surface area contributed by atoms with Gasteiger partial charge in [-0.15, -0.1) is 0 Å². The van der Waals surface area contributed by atoms with Crippen molar-refractivity contribution in [2.45, 2.75) is 63.2 Å². The summed E-state index contributed by atoms with van der Waals surface area (Å²) in [6.07, 6.45) is 8.50. The van der Waals surface area contributed by atoms with Crippen LogP contribution in [-0.4, -0.2) is 49.7 Å². The van der Waals surface area contributed by atoms with Crippen LogP contribution in [0.15, 0.2) is 23.1 Å². The minimum Gasteiger partial charge on any atom is -0.340 e. The zero-order valence-electron chi connectivity index (χ0n) is 16.2. The van der Waals surface area contributed by atoms with Gasteiger partial charge in [-0.25, -0.2) is 8.42 Å². The Kier molecular flexibility index (Phi) is 5.06. The smallest absolute Gasteiger partial charge is 0.243 e. The van der Waals surface area contributed by atoms with E-state index < -0.39 is 10.0 Å². The lowest BCUT2D eigenvalue weighted by atomic mass is 9.87. The molecule has 4 rings (SSSR count). The van der Waals surface area contributed by atoms with E-state index >= 15 is 0 Å². The molecule has 0 N–H and O–H groups in total. The summed E-state index contributed by atoms with van der Waals surface area (Å²) < 4.78 is 27.7. The number of rotatable bonds is 3. The van der Waals surface area contributed by atoms with Crippen molar-refractivity contribution in [3.8, 4) is 0 Å². The summed E-state index contributed by atoms with van der Waals surface area (Å²) in [7, 11) is -3.48. The molecule has 0 bridgehead atoms. The minimum atomic E-state index is -3.48. The Bertz CT molecular complexity index is 820. The molecule has 5 nitrogen and oxygen atoms in total. The maximum atomic E-state index is 13.1. The number of piperazine rings is 1. The number of hydrogen-bond acceptors (Lipinski definition) is 3. The lowest BCUT2D eigenvalue weighted by molar-refractivity contribution is -0.142. The number of carbonyl (C=O) groups excluding carboxylic acids is 1. The normalized spacial score (nSPS) is 23.2. The first kappa shape index (κ1) is 18.9. The van der Waals surface area contributed by atoms with Gasteiger partial charge in [-0.05, 0) is 61.8 Å². The first-order valence-corrected chi connectivity index (χ1v) is 11.8. The van der Waals surface area contributed by atoms with E-state index in [4.69, 9.17) is 0 Å². The van der Waals surface area contributed by atoms with Crippen LogP contribution >= 0.6 is 0 Å². The Morgan fingerprint density at radius 3 is 2.22 bits per heavy atom. The Morgan fingerprint density at radius 1 is 0.926 bits per heavy atom. The fraction of sp³-hybridized carbons (Fsp3) is 0.667. The van der Waals surface area contributed by atoms with Crippen LogP contribution in [0.5, 0.6) is 0 Å². The van der Waals surface area contributed by atoms with E-state index in [1.807, 2.05) is 17.0 Å². The first-order chi connectivity index (χ1) is 12.9. The van der Waals surface area contributed by atoms with Gasteiger partial charge in [0.1, 0.15) is 0 Å². The Morgan fingerprint density at radius 2 is 1.56 bits per heavy atom. The van der Waals surface area contributed by atoms with Crippen LogP contribution in [-0.2, 0) is 27.7 Å². The average Bonchev–Trinajstić information content (AvgIpc) is 3.15. The van der Waals surface area contributed by atoms with Gasteiger partial charge in [-0.1, -0.05) is 25.8 Å². The lowest BCUT2D eigenvalue weighted by Crippen LogP contribution is -2.53. The summed E-state index contributed by atoms with van der Waals surface area (Å²) >= 11 is 0. The van der Waals surface area contributed by atoms with Crippen LogP contribution in [0.25, 0.3) is 0 Å². The van der Waals surface area contributed by atoms with Crippen molar-refractivity contribution >= 4 is 15.9 Å². The molecule has 0 aromatic heterocycles. The SMILES string of the molecule is CC1(C(=O)N2CCN(S(=O)(=O)c3ccc4c(c3)CCCC4)CC2)CCCC1. The molecule has 2 fully saturated rings. The van der Waals surface area contributed by atoms with Crippen LogP contribution in [0.2, 0.25) is 0 Å². The van der Waals surface area contributed by atoms with Gasteiger partial charge in [0.2, 0.25) is 15.9 Å². The molecule has 1 aromatic rings. The lowest BCUT2D eigenvalue weighted by Gasteiger charge is -2.38. The molecule has 0 atom stereocenters. The number of sulfonamides is 1. The van der Waals surface area contributed by atoms with E-state index in [0.717, 1.165) is 44.9 Å². The van der Waals surface area contributed by atoms with Crippen molar-refractivity contribution in [1.82, 2.24) is 9.21 Å². The van der Waals surface area contributed by atoms with Crippen LogP contribution in [0.4, 0.5) is 0 Å². The van der Waals surface area contributed by atoms with Crippen LogP contribution in [0.1, 0.15) is 56.6 Å². The molecule has 2 aliphatic carbocycles. The van der Waals surface area contributed by atoms with Crippen molar-refractivity contribution in [3.63, 3.8) is 0 Å². The highest BCUT2D eigenvalue weighted by atomic mass is 32.2. The van der Waals surface area contributed by atoms with Gasteiger partial charge in [0, 0.05) is 31.6 Å². The Balaban J connectivity index is 1.45. The van der Waals surface area contributed by atoms with Crippen LogP contribution < -0.4 is 0 Å². The molecule has 1 heterocycles. The molecule has 0 spiro atoms. The molecule has 1 amide bonds. The first-order valence-electron chi connectivity index (χ1n) is 10.3. The summed E-state index contributed by atoms with van der Waals surface area (Å²) in [6.45, 7) is 3.85. The topological polar surface area (TPSA) is 57.7 Å². The van der Waals surface area contributed by atoms with Gasteiger partial charge in [0.25, 0.3) is 0 Å². The van der Waals surface area contributed by atoms with E-state index in [0.29, 0.717) is 31.1 Å². The van der Waals surface area contributed by atoms with Gasteiger partial charge in [-0.3, -0.25) is 4.79 Å². The highest BCUT2D eigenvalue weighted by Crippen LogP contribution is 2.39. The van der Waals surface area contributed by atoms with Crippen LogP contribution in [0, 0.1) is 5.41 Å². The van der Waals surface area contributed by atoms with Crippen molar-refractivity contribution in [2.24, 2.45) is 5.41 Å². The fourth-order valence-corrected chi connectivity index (χ4v) is 6.38. The van der Waals surface area contributed by atoms with Crippen LogP contribution in [0.3, 0.4) is 0 Å². The van der Waals surface area contributed by atoms with E-state index in [-0.39, 0.29) is 11.3 Å². The number of carbonyl (C=O) groups is 1. The average molecular weight is 391 g/mol. The zero-order chi connectivity index (χ0) is 19.1. The highest BCUT2D eigenvalue weighted by molar-refractivity contribution is 7.89. The minimum absolute atomic E-state index is 0.214. The summed E-state index contributed by atoms with van der Waals surface area (Å²) in [6, 6.07) is 5.62. The molecule has 0 unspecified atom stereocenters. The standard InChI is InChI=1S/C21H30N2O3S/c1-21(10-4-5-11-21)20(24)22-12-14-23(15-13-22)27(25,26)19-9-8-17-6-2-3-7-18(17)16-19/h8-9,16H,2-7,10-15H2,1H3. The highest BCUT2D eigenvalue weighted by Gasteiger charge is 2.40. The largest absolute Gasteiger partial charge is 0.340 e. The molecule has 1 saturated carbocycles. The van der Waals surface area contributed by atoms with Gasteiger partial charge in [-0.2, -0.15) is 4.31 Å².